The minimum absolute atomic E-state index is 0.533. The van der Waals surface area contributed by atoms with Gasteiger partial charge in [0.25, 0.3) is 0 Å². The molecule has 0 aromatic carbocycles. The zero-order chi connectivity index (χ0) is 7.61. The molecule has 0 saturated carbocycles. The number of hydrogen-bond acceptors (Lipinski definition) is 1. The topological polar surface area (TPSA) is 9.23 Å². The van der Waals surface area contributed by atoms with Gasteiger partial charge >= 0.3 is 0 Å². The summed E-state index contributed by atoms with van der Waals surface area (Å²) in [6.45, 7) is 2.52. The van der Waals surface area contributed by atoms with Crippen LogP contribution in [-0.2, 0) is 4.74 Å². The molecule has 0 aliphatic carbocycles. The standard InChI is InChI=1S/C8H18NO/c1-9(2)6-4-8(10-3)5-7-9/h8H,4-7H2,1-3H3/q+1. The summed E-state index contributed by atoms with van der Waals surface area (Å²) < 4.78 is 6.44. The SMILES string of the molecule is COC1CC[N+](C)(C)CC1. The maximum atomic E-state index is 5.27. The Balaban J connectivity index is 2.31. The van der Waals surface area contributed by atoms with E-state index in [0.717, 1.165) is 0 Å². The van der Waals surface area contributed by atoms with Crippen molar-refractivity contribution in [2.45, 2.75) is 18.9 Å². The van der Waals surface area contributed by atoms with Gasteiger partial charge < -0.3 is 9.22 Å². The number of nitrogens with zero attached hydrogens (tertiary/aromatic N) is 1. The molecule has 0 radical (unpaired) electrons. The fourth-order valence-corrected chi connectivity index (χ4v) is 1.48. The van der Waals surface area contributed by atoms with Gasteiger partial charge in [-0.2, -0.15) is 0 Å². The van der Waals surface area contributed by atoms with Crippen LogP contribution in [0.25, 0.3) is 0 Å². The number of ether oxygens (including phenoxy) is 1. The maximum absolute atomic E-state index is 5.27. The molecule has 0 aromatic heterocycles. The second-order valence-electron chi connectivity index (χ2n) is 3.82. The highest BCUT2D eigenvalue weighted by Gasteiger charge is 2.25. The normalized spacial score (nSPS) is 26.7. The van der Waals surface area contributed by atoms with E-state index in [9.17, 15) is 0 Å². The molecule has 2 heteroatoms. The summed E-state index contributed by atoms with van der Waals surface area (Å²) in [5, 5.41) is 0. The molecule has 0 aromatic rings. The summed E-state index contributed by atoms with van der Waals surface area (Å²) in [5.74, 6) is 0. The van der Waals surface area contributed by atoms with Gasteiger partial charge in [-0.15, -0.1) is 0 Å². The van der Waals surface area contributed by atoms with E-state index >= 15 is 0 Å². The largest absolute Gasteiger partial charge is 0.381 e. The van der Waals surface area contributed by atoms with Crippen LogP contribution >= 0.6 is 0 Å². The maximum Gasteiger partial charge on any atom is 0.0807 e. The van der Waals surface area contributed by atoms with Crippen molar-refractivity contribution >= 4 is 0 Å². The minimum atomic E-state index is 0.533. The third-order valence-electron chi connectivity index (χ3n) is 2.45. The second-order valence-corrected chi connectivity index (χ2v) is 3.82. The summed E-state index contributed by atoms with van der Waals surface area (Å²) in [4.78, 5) is 0. The molecule has 1 rings (SSSR count). The first kappa shape index (κ1) is 8.02. The molecule has 0 atom stereocenters. The Labute approximate surface area is 63.4 Å². The van der Waals surface area contributed by atoms with Gasteiger partial charge in [0.1, 0.15) is 0 Å². The summed E-state index contributed by atoms with van der Waals surface area (Å²) in [7, 11) is 6.38. The van der Waals surface area contributed by atoms with Crippen molar-refractivity contribution in [2.24, 2.45) is 0 Å². The smallest absolute Gasteiger partial charge is 0.0807 e. The number of piperidine rings is 1. The third-order valence-corrected chi connectivity index (χ3v) is 2.45. The third kappa shape index (κ3) is 1.96. The minimum Gasteiger partial charge on any atom is -0.381 e. The quantitative estimate of drug-likeness (QED) is 0.496. The molecule has 1 saturated heterocycles. The summed E-state index contributed by atoms with van der Waals surface area (Å²) in [6, 6.07) is 0. The molecule has 0 unspecified atom stereocenters. The molecule has 1 aliphatic heterocycles. The molecule has 0 bridgehead atoms. The van der Waals surface area contributed by atoms with E-state index in [4.69, 9.17) is 4.74 Å². The fourth-order valence-electron chi connectivity index (χ4n) is 1.48. The zero-order valence-corrected chi connectivity index (χ0v) is 7.26. The molecule has 2 nitrogen and oxygen atoms in total. The first-order valence-corrected chi connectivity index (χ1v) is 3.99. The van der Waals surface area contributed by atoms with Gasteiger partial charge in [0.05, 0.1) is 33.3 Å². The van der Waals surface area contributed by atoms with Crippen LogP contribution in [0.5, 0.6) is 0 Å². The Morgan fingerprint density at radius 3 is 2.10 bits per heavy atom. The lowest BCUT2D eigenvalue weighted by atomic mass is 10.1. The van der Waals surface area contributed by atoms with Gasteiger partial charge in [0, 0.05) is 20.0 Å². The van der Waals surface area contributed by atoms with E-state index in [0.29, 0.717) is 6.10 Å². The second kappa shape index (κ2) is 2.89. The van der Waals surface area contributed by atoms with Crippen LogP contribution in [-0.4, -0.2) is 44.9 Å². The monoisotopic (exact) mass is 144 g/mol. The van der Waals surface area contributed by atoms with Crippen molar-refractivity contribution in [3.8, 4) is 0 Å². The highest BCUT2D eigenvalue weighted by molar-refractivity contribution is 4.61. The Morgan fingerprint density at radius 2 is 1.70 bits per heavy atom. The van der Waals surface area contributed by atoms with E-state index in [1.807, 2.05) is 7.11 Å². The number of rotatable bonds is 1. The van der Waals surface area contributed by atoms with Gasteiger partial charge in [0.2, 0.25) is 0 Å². The molecular formula is C8H18NO+. The van der Waals surface area contributed by atoms with Crippen LogP contribution in [0.2, 0.25) is 0 Å². The number of quaternary nitrogens is 1. The fraction of sp³-hybridized carbons (Fsp3) is 1.00. The molecule has 0 spiro atoms. The summed E-state index contributed by atoms with van der Waals surface area (Å²) >= 11 is 0. The molecule has 10 heavy (non-hydrogen) atoms. The van der Waals surface area contributed by atoms with E-state index in [-0.39, 0.29) is 0 Å². The van der Waals surface area contributed by atoms with Crippen LogP contribution in [0.4, 0.5) is 0 Å². The highest BCUT2D eigenvalue weighted by Crippen LogP contribution is 2.15. The van der Waals surface area contributed by atoms with Gasteiger partial charge in [0.15, 0.2) is 0 Å². The number of hydrogen-bond donors (Lipinski definition) is 0. The average molecular weight is 144 g/mol. The molecule has 60 valence electrons. The van der Waals surface area contributed by atoms with E-state index in [1.165, 1.54) is 30.4 Å². The molecule has 1 fully saturated rings. The Morgan fingerprint density at radius 1 is 1.20 bits per heavy atom. The van der Waals surface area contributed by atoms with Gasteiger partial charge in [-0.1, -0.05) is 0 Å². The molecule has 1 aliphatic rings. The first-order chi connectivity index (χ1) is 4.64. The lowest BCUT2D eigenvalue weighted by Gasteiger charge is -2.36. The highest BCUT2D eigenvalue weighted by atomic mass is 16.5. The van der Waals surface area contributed by atoms with Crippen molar-refractivity contribution in [3.05, 3.63) is 0 Å². The molecule has 0 N–H and O–H groups in total. The van der Waals surface area contributed by atoms with Gasteiger partial charge in [-0.25, -0.2) is 0 Å². The number of methoxy groups -OCH3 is 1. The van der Waals surface area contributed by atoms with E-state index < -0.39 is 0 Å². The Bertz CT molecular complexity index is 102. The van der Waals surface area contributed by atoms with Crippen molar-refractivity contribution < 1.29 is 9.22 Å². The van der Waals surface area contributed by atoms with Crippen molar-refractivity contribution in [1.82, 2.24) is 0 Å². The first-order valence-electron chi connectivity index (χ1n) is 3.99. The van der Waals surface area contributed by atoms with Gasteiger partial charge in [-0.3, -0.25) is 0 Å². The molecular weight excluding hydrogens is 126 g/mol. The Hall–Kier alpha value is -0.0800. The predicted octanol–water partition coefficient (Wildman–Crippen LogP) is 0.872. The van der Waals surface area contributed by atoms with Crippen LogP contribution in [0.15, 0.2) is 0 Å². The summed E-state index contributed by atoms with van der Waals surface area (Å²) in [6.07, 6.45) is 2.98. The predicted molar refractivity (Wildman–Crippen MR) is 41.9 cm³/mol. The van der Waals surface area contributed by atoms with Crippen LogP contribution in [0.1, 0.15) is 12.8 Å². The van der Waals surface area contributed by atoms with Crippen molar-refractivity contribution in [2.75, 3.05) is 34.3 Å². The lowest BCUT2D eigenvalue weighted by molar-refractivity contribution is -0.896. The van der Waals surface area contributed by atoms with E-state index in [1.54, 1.807) is 0 Å². The van der Waals surface area contributed by atoms with E-state index in [2.05, 4.69) is 14.1 Å². The molecule has 1 heterocycles. The molecule has 0 amide bonds. The Kier molecular flexibility index (Phi) is 2.32. The van der Waals surface area contributed by atoms with Gasteiger partial charge in [-0.05, 0) is 0 Å². The van der Waals surface area contributed by atoms with Crippen LogP contribution in [0.3, 0.4) is 0 Å². The van der Waals surface area contributed by atoms with Crippen molar-refractivity contribution in [3.63, 3.8) is 0 Å². The summed E-state index contributed by atoms with van der Waals surface area (Å²) in [5.41, 5.74) is 0. The average Bonchev–Trinajstić information content (AvgIpc) is 1.88. The lowest BCUT2D eigenvalue weighted by Crippen LogP contribution is -2.47. The van der Waals surface area contributed by atoms with Crippen LogP contribution < -0.4 is 0 Å². The zero-order valence-electron chi connectivity index (χ0n) is 7.26. The van der Waals surface area contributed by atoms with Crippen molar-refractivity contribution in [1.29, 1.82) is 0 Å². The number of likely N-dealkylation sites (tertiary alicyclic amines) is 1. The van der Waals surface area contributed by atoms with Crippen LogP contribution in [0, 0.1) is 0 Å².